The molecule has 1 aromatic carbocycles. The van der Waals surface area contributed by atoms with Crippen LogP contribution >= 0.6 is 11.3 Å². The minimum Gasteiger partial charge on any atom is -0.360 e. The van der Waals surface area contributed by atoms with Crippen LogP contribution in [0.2, 0.25) is 25.7 Å². The lowest BCUT2D eigenvalue weighted by atomic mass is 10.1. The van der Waals surface area contributed by atoms with E-state index >= 15 is 0 Å². The molecule has 4 rings (SSSR count). The second-order valence-electron chi connectivity index (χ2n) is 8.72. The van der Waals surface area contributed by atoms with E-state index in [2.05, 4.69) is 36.4 Å². The van der Waals surface area contributed by atoms with Crippen LogP contribution in [0.1, 0.15) is 17.4 Å². The van der Waals surface area contributed by atoms with E-state index in [9.17, 15) is 4.79 Å². The lowest BCUT2D eigenvalue weighted by molar-refractivity contribution is -0.114. The van der Waals surface area contributed by atoms with Crippen LogP contribution in [0.5, 0.6) is 0 Å². The topological polar surface area (TPSA) is 56.2 Å². The number of ether oxygens (including phenoxy) is 1. The quantitative estimate of drug-likeness (QED) is 0.316. The van der Waals surface area contributed by atoms with Crippen LogP contribution in [0.3, 0.4) is 0 Å². The van der Waals surface area contributed by atoms with E-state index < -0.39 is 8.07 Å². The van der Waals surface area contributed by atoms with Crippen LogP contribution in [0.4, 0.5) is 5.69 Å². The van der Waals surface area contributed by atoms with Crippen molar-refractivity contribution >= 4 is 31.0 Å². The average molecular weight is 426 g/mol. The predicted octanol–water partition coefficient (Wildman–Crippen LogP) is 5.45. The fraction of sp³-hybridized carbons (Fsp3) is 0.364. The van der Waals surface area contributed by atoms with Gasteiger partial charge in [0, 0.05) is 55.3 Å². The van der Waals surface area contributed by atoms with Crippen molar-refractivity contribution in [2.45, 2.75) is 45.8 Å². The number of rotatable bonds is 7. The number of nitrogens with one attached hydrogen (secondary N) is 1. The number of anilines is 1. The number of carbonyl (C=O) groups excluding carboxylic acids is 1. The molecule has 29 heavy (non-hydrogen) atoms. The largest absolute Gasteiger partial charge is 0.360 e. The van der Waals surface area contributed by atoms with Gasteiger partial charge in [-0.15, -0.1) is 11.3 Å². The fourth-order valence-electron chi connectivity index (χ4n) is 3.59. The van der Waals surface area contributed by atoms with Crippen molar-refractivity contribution in [1.29, 1.82) is 0 Å². The van der Waals surface area contributed by atoms with Crippen LogP contribution in [-0.2, 0) is 22.7 Å². The minimum absolute atomic E-state index is 0.0668. The van der Waals surface area contributed by atoms with Crippen LogP contribution in [-0.4, -0.2) is 30.4 Å². The SMILES string of the molecule is CC(=O)Nc1ccc(-c2nn(COCC[Si](C)(C)C)c3c2Cc2sccc2-3)cc1. The van der Waals surface area contributed by atoms with Gasteiger partial charge in [-0.1, -0.05) is 31.8 Å². The van der Waals surface area contributed by atoms with Gasteiger partial charge in [-0.25, -0.2) is 4.68 Å². The lowest BCUT2D eigenvalue weighted by Crippen LogP contribution is -2.22. The molecule has 0 atom stereocenters. The number of hydrogen-bond acceptors (Lipinski definition) is 4. The third kappa shape index (κ3) is 4.37. The molecule has 0 bridgehead atoms. The van der Waals surface area contributed by atoms with E-state index in [1.165, 1.54) is 28.6 Å². The monoisotopic (exact) mass is 425 g/mol. The van der Waals surface area contributed by atoms with Gasteiger partial charge in [-0.05, 0) is 29.6 Å². The first kappa shape index (κ1) is 20.1. The van der Waals surface area contributed by atoms with Gasteiger partial charge in [-0.2, -0.15) is 5.10 Å². The predicted molar refractivity (Wildman–Crippen MR) is 122 cm³/mol. The van der Waals surface area contributed by atoms with Gasteiger partial charge in [0.25, 0.3) is 0 Å². The molecule has 152 valence electrons. The Morgan fingerprint density at radius 1 is 1.24 bits per heavy atom. The van der Waals surface area contributed by atoms with Crippen LogP contribution < -0.4 is 5.32 Å². The maximum absolute atomic E-state index is 11.3. The summed E-state index contributed by atoms with van der Waals surface area (Å²) in [4.78, 5) is 12.7. The number of amides is 1. The van der Waals surface area contributed by atoms with E-state index in [1.54, 1.807) is 11.3 Å². The zero-order chi connectivity index (χ0) is 20.6. The van der Waals surface area contributed by atoms with Gasteiger partial charge in [0.15, 0.2) is 0 Å². The third-order valence-electron chi connectivity index (χ3n) is 5.08. The summed E-state index contributed by atoms with van der Waals surface area (Å²) in [5.74, 6) is -0.0668. The molecule has 0 saturated heterocycles. The average Bonchev–Trinajstić information content (AvgIpc) is 3.30. The summed E-state index contributed by atoms with van der Waals surface area (Å²) in [6.07, 6.45) is 0.917. The van der Waals surface area contributed by atoms with Crippen molar-refractivity contribution in [3.05, 3.63) is 46.2 Å². The molecule has 7 heteroatoms. The number of thiophene rings is 1. The highest BCUT2D eigenvalue weighted by molar-refractivity contribution is 7.10. The first-order valence-electron chi connectivity index (χ1n) is 9.94. The van der Waals surface area contributed by atoms with E-state index in [4.69, 9.17) is 9.84 Å². The van der Waals surface area contributed by atoms with Crippen molar-refractivity contribution < 1.29 is 9.53 Å². The molecule has 5 nitrogen and oxygen atoms in total. The molecule has 1 N–H and O–H groups in total. The van der Waals surface area contributed by atoms with Crippen molar-refractivity contribution in [2.24, 2.45) is 0 Å². The Kier molecular flexibility index (Phi) is 5.46. The van der Waals surface area contributed by atoms with Gasteiger partial charge in [0.2, 0.25) is 5.91 Å². The van der Waals surface area contributed by atoms with Crippen molar-refractivity contribution in [3.63, 3.8) is 0 Å². The van der Waals surface area contributed by atoms with E-state index in [0.717, 1.165) is 36.0 Å². The zero-order valence-electron chi connectivity index (χ0n) is 17.4. The van der Waals surface area contributed by atoms with E-state index in [1.807, 2.05) is 28.9 Å². The Hall–Kier alpha value is -2.22. The standard InChI is InChI=1S/C22H27N3O2SSi/c1-15(26)23-17-7-5-16(6-8-17)21-19-13-20-18(9-11-28-20)22(19)25(24-21)14-27-10-12-29(2,3)4/h5-9,11H,10,12-14H2,1-4H3,(H,23,26). The molecule has 1 aliphatic rings. The van der Waals surface area contributed by atoms with Crippen molar-refractivity contribution in [1.82, 2.24) is 9.78 Å². The molecule has 1 aliphatic carbocycles. The summed E-state index contributed by atoms with van der Waals surface area (Å²) in [6, 6.07) is 11.2. The van der Waals surface area contributed by atoms with Gasteiger partial charge in [-0.3, -0.25) is 4.79 Å². The minimum atomic E-state index is -1.11. The molecule has 3 aromatic rings. The third-order valence-corrected chi connectivity index (χ3v) is 7.70. The molecule has 0 fully saturated rings. The molecular weight excluding hydrogens is 398 g/mol. The fourth-order valence-corrected chi connectivity index (χ4v) is 5.23. The van der Waals surface area contributed by atoms with Crippen LogP contribution in [0.25, 0.3) is 22.5 Å². The highest BCUT2D eigenvalue weighted by Crippen LogP contribution is 2.44. The first-order chi connectivity index (χ1) is 13.8. The Balaban J connectivity index is 1.61. The second-order valence-corrected chi connectivity index (χ2v) is 15.3. The Bertz CT molecular complexity index is 1030. The zero-order valence-corrected chi connectivity index (χ0v) is 19.2. The molecule has 1 amide bonds. The number of hydrogen-bond donors (Lipinski definition) is 1. The van der Waals surface area contributed by atoms with Crippen molar-refractivity contribution in [2.75, 3.05) is 11.9 Å². The number of fused-ring (bicyclic) bond motifs is 3. The van der Waals surface area contributed by atoms with E-state index in [0.29, 0.717) is 6.73 Å². The summed E-state index contributed by atoms with van der Waals surface area (Å²) >= 11 is 1.80. The van der Waals surface area contributed by atoms with Gasteiger partial charge < -0.3 is 10.1 Å². The molecular formula is C22H27N3O2SSi. The Labute approximate surface area is 176 Å². The Morgan fingerprint density at radius 2 is 2.00 bits per heavy atom. The second kappa shape index (κ2) is 7.89. The molecule has 0 saturated carbocycles. The lowest BCUT2D eigenvalue weighted by Gasteiger charge is -2.15. The molecule has 0 unspecified atom stereocenters. The number of carbonyl (C=O) groups is 1. The maximum Gasteiger partial charge on any atom is 0.221 e. The van der Waals surface area contributed by atoms with Gasteiger partial charge in [0.05, 0.1) is 11.4 Å². The normalized spacial score (nSPS) is 12.7. The van der Waals surface area contributed by atoms with Crippen LogP contribution in [0, 0.1) is 0 Å². The van der Waals surface area contributed by atoms with Crippen molar-refractivity contribution in [3.8, 4) is 22.5 Å². The maximum atomic E-state index is 11.3. The van der Waals surface area contributed by atoms with Crippen LogP contribution in [0.15, 0.2) is 35.7 Å². The molecule has 0 aliphatic heterocycles. The number of benzene rings is 1. The van der Waals surface area contributed by atoms with Gasteiger partial charge >= 0.3 is 0 Å². The molecule has 2 heterocycles. The summed E-state index contributed by atoms with van der Waals surface area (Å²) < 4.78 is 8.04. The smallest absolute Gasteiger partial charge is 0.221 e. The highest BCUT2D eigenvalue weighted by atomic mass is 32.1. The summed E-state index contributed by atoms with van der Waals surface area (Å²) in [7, 11) is -1.11. The van der Waals surface area contributed by atoms with E-state index in [-0.39, 0.29) is 5.91 Å². The number of nitrogens with zero attached hydrogens (tertiary/aromatic N) is 2. The number of aromatic nitrogens is 2. The molecule has 2 aromatic heterocycles. The summed E-state index contributed by atoms with van der Waals surface area (Å²) in [6.45, 7) is 9.86. The molecule has 0 spiro atoms. The molecule has 0 radical (unpaired) electrons. The first-order valence-corrected chi connectivity index (χ1v) is 14.5. The van der Waals surface area contributed by atoms with Gasteiger partial charge in [0.1, 0.15) is 6.73 Å². The Morgan fingerprint density at radius 3 is 2.69 bits per heavy atom. The summed E-state index contributed by atoms with van der Waals surface area (Å²) in [5, 5.41) is 9.89. The highest BCUT2D eigenvalue weighted by Gasteiger charge is 2.29. The summed E-state index contributed by atoms with van der Waals surface area (Å²) in [5.41, 5.74) is 6.61.